The van der Waals surface area contributed by atoms with Gasteiger partial charge in [0.2, 0.25) is 0 Å². The number of aryl methyl sites for hydroxylation is 1. The van der Waals surface area contributed by atoms with E-state index < -0.39 is 0 Å². The highest BCUT2D eigenvalue weighted by molar-refractivity contribution is 6.29. The number of aromatic nitrogens is 2. The molecule has 15 heavy (non-hydrogen) atoms. The molecule has 1 aromatic rings. The molecule has 2 N–H and O–H groups in total. The number of hydrogen-bond donors (Lipinski definition) is 1. The van der Waals surface area contributed by atoms with Crippen LogP contribution in [-0.2, 0) is 0 Å². The van der Waals surface area contributed by atoms with Gasteiger partial charge in [-0.1, -0.05) is 17.7 Å². The smallest absolute Gasteiger partial charge is 0.133 e. The Kier molecular flexibility index (Phi) is 2.73. The lowest BCUT2D eigenvalue weighted by Gasteiger charge is -2.10. The number of hydrogen-bond acceptors (Lipinski definition) is 3. The van der Waals surface area contributed by atoms with E-state index in [2.05, 4.69) is 16.0 Å². The lowest BCUT2D eigenvalue weighted by atomic mass is 10.0. The molecule has 3 nitrogen and oxygen atoms in total. The van der Waals surface area contributed by atoms with Gasteiger partial charge in [0.15, 0.2) is 0 Å². The Bertz CT molecular complexity index is 429. The standard InChI is InChI=1S/C11H12ClN3/c1-7-14-10(6-11(12)15-7)8-3-2-4-9(13)5-8/h3,5-6H,2,4,13H2,1H3. The summed E-state index contributed by atoms with van der Waals surface area (Å²) in [6.45, 7) is 1.83. The third-order valence-corrected chi connectivity index (χ3v) is 2.43. The van der Waals surface area contributed by atoms with Gasteiger partial charge in [-0.25, -0.2) is 9.97 Å². The molecule has 1 heterocycles. The van der Waals surface area contributed by atoms with Crippen molar-refractivity contribution in [1.29, 1.82) is 0 Å². The largest absolute Gasteiger partial charge is 0.402 e. The molecule has 0 fully saturated rings. The first-order valence-electron chi connectivity index (χ1n) is 4.83. The monoisotopic (exact) mass is 221 g/mol. The average Bonchev–Trinajstić information content (AvgIpc) is 2.16. The Hall–Kier alpha value is -1.35. The maximum atomic E-state index is 5.88. The van der Waals surface area contributed by atoms with Gasteiger partial charge in [0.25, 0.3) is 0 Å². The predicted molar refractivity (Wildman–Crippen MR) is 61.3 cm³/mol. The first-order chi connectivity index (χ1) is 7.15. The maximum absolute atomic E-state index is 5.88. The molecule has 1 aliphatic rings. The summed E-state index contributed by atoms with van der Waals surface area (Å²) in [7, 11) is 0. The minimum absolute atomic E-state index is 0.468. The molecular formula is C11H12ClN3. The lowest BCUT2D eigenvalue weighted by Crippen LogP contribution is -2.03. The highest BCUT2D eigenvalue weighted by atomic mass is 35.5. The second kappa shape index (κ2) is 4.03. The molecule has 0 aliphatic heterocycles. The van der Waals surface area contributed by atoms with Crippen LogP contribution in [0.1, 0.15) is 24.4 Å². The van der Waals surface area contributed by atoms with Crippen molar-refractivity contribution in [3.05, 3.63) is 40.6 Å². The zero-order chi connectivity index (χ0) is 10.8. The topological polar surface area (TPSA) is 51.8 Å². The molecule has 0 saturated heterocycles. The van der Waals surface area contributed by atoms with E-state index in [1.54, 1.807) is 6.07 Å². The average molecular weight is 222 g/mol. The molecule has 0 spiro atoms. The molecule has 0 atom stereocenters. The molecule has 2 rings (SSSR count). The van der Waals surface area contributed by atoms with Gasteiger partial charge in [0, 0.05) is 11.8 Å². The summed E-state index contributed by atoms with van der Waals surface area (Å²) in [4.78, 5) is 8.35. The maximum Gasteiger partial charge on any atom is 0.133 e. The molecule has 78 valence electrons. The van der Waals surface area contributed by atoms with Crippen molar-refractivity contribution < 1.29 is 0 Å². The van der Waals surface area contributed by atoms with Crippen LogP contribution < -0.4 is 5.73 Å². The Labute approximate surface area is 93.7 Å². The highest BCUT2D eigenvalue weighted by Crippen LogP contribution is 2.23. The zero-order valence-electron chi connectivity index (χ0n) is 8.50. The Morgan fingerprint density at radius 3 is 2.87 bits per heavy atom. The second-order valence-corrected chi connectivity index (χ2v) is 3.93. The van der Waals surface area contributed by atoms with Crippen molar-refractivity contribution in [2.75, 3.05) is 0 Å². The molecule has 0 radical (unpaired) electrons. The van der Waals surface area contributed by atoms with Crippen LogP contribution >= 0.6 is 11.6 Å². The summed E-state index contributed by atoms with van der Waals surface area (Å²) >= 11 is 5.88. The molecule has 1 aliphatic carbocycles. The quantitative estimate of drug-likeness (QED) is 0.742. The molecule has 1 aromatic heterocycles. The van der Waals surface area contributed by atoms with Crippen LogP contribution in [0.15, 0.2) is 23.9 Å². The van der Waals surface area contributed by atoms with E-state index in [9.17, 15) is 0 Å². The summed E-state index contributed by atoms with van der Waals surface area (Å²) in [5, 5.41) is 0.468. The van der Waals surface area contributed by atoms with Crippen LogP contribution in [0.25, 0.3) is 5.57 Å². The van der Waals surface area contributed by atoms with Crippen molar-refractivity contribution in [2.24, 2.45) is 5.73 Å². The van der Waals surface area contributed by atoms with Crippen LogP contribution in [0, 0.1) is 6.92 Å². The van der Waals surface area contributed by atoms with E-state index in [0.29, 0.717) is 11.0 Å². The number of allylic oxidation sites excluding steroid dienone is 4. The minimum Gasteiger partial charge on any atom is -0.402 e. The lowest BCUT2D eigenvalue weighted by molar-refractivity contribution is 0.943. The number of nitrogens with two attached hydrogens (primary N) is 1. The normalized spacial score (nSPS) is 15.9. The summed E-state index contributed by atoms with van der Waals surface area (Å²) in [6.07, 6.45) is 5.94. The molecule has 0 unspecified atom stereocenters. The van der Waals surface area contributed by atoms with Crippen molar-refractivity contribution in [3.8, 4) is 0 Å². The van der Waals surface area contributed by atoms with Crippen LogP contribution in [0.3, 0.4) is 0 Å². The third kappa shape index (κ3) is 2.36. The molecular weight excluding hydrogens is 210 g/mol. The van der Waals surface area contributed by atoms with Gasteiger partial charge in [0.05, 0.1) is 5.69 Å². The molecule has 0 amide bonds. The van der Waals surface area contributed by atoms with E-state index in [1.807, 2.05) is 13.0 Å². The SMILES string of the molecule is Cc1nc(Cl)cc(C2=CCCC(N)=C2)n1. The fraction of sp³-hybridized carbons (Fsp3) is 0.273. The summed E-state index contributed by atoms with van der Waals surface area (Å²) < 4.78 is 0. The minimum atomic E-state index is 0.468. The zero-order valence-corrected chi connectivity index (χ0v) is 9.25. The third-order valence-electron chi connectivity index (χ3n) is 2.24. The molecule has 0 aromatic carbocycles. The van der Waals surface area contributed by atoms with E-state index in [1.165, 1.54) is 0 Å². The number of halogens is 1. The van der Waals surface area contributed by atoms with Crippen LogP contribution in [0.2, 0.25) is 5.15 Å². The van der Waals surface area contributed by atoms with Gasteiger partial charge in [-0.15, -0.1) is 0 Å². The van der Waals surface area contributed by atoms with Crippen LogP contribution in [0.5, 0.6) is 0 Å². The highest BCUT2D eigenvalue weighted by Gasteiger charge is 2.08. The van der Waals surface area contributed by atoms with Crippen molar-refractivity contribution in [3.63, 3.8) is 0 Å². The molecule has 0 saturated carbocycles. The number of rotatable bonds is 1. The van der Waals surface area contributed by atoms with Crippen LogP contribution in [-0.4, -0.2) is 9.97 Å². The first-order valence-corrected chi connectivity index (χ1v) is 5.21. The first kappa shape index (κ1) is 10.2. The summed E-state index contributed by atoms with van der Waals surface area (Å²) in [5.74, 6) is 0.677. The molecule has 4 heteroatoms. The van der Waals surface area contributed by atoms with Crippen molar-refractivity contribution in [2.45, 2.75) is 19.8 Å². The van der Waals surface area contributed by atoms with E-state index in [-0.39, 0.29) is 0 Å². The summed E-state index contributed by atoms with van der Waals surface area (Å²) in [6, 6.07) is 1.76. The van der Waals surface area contributed by atoms with E-state index in [0.717, 1.165) is 29.8 Å². The van der Waals surface area contributed by atoms with Gasteiger partial charge in [-0.2, -0.15) is 0 Å². The van der Waals surface area contributed by atoms with Gasteiger partial charge in [-0.05, 0) is 31.4 Å². The Morgan fingerprint density at radius 2 is 2.20 bits per heavy atom. The van der Waals surface area contributed by atoms with Gasteiger partial charge in [-0.3, -0.25) is 0 Å². The Morgan fingerprint density at radius 1 is 1.40 bits per heavy atom. The van der Waals surface area contributed by atoms with E-state index >= 15 is 0 Å². The second-order valence-electron chi connectivity index (χ2n) is 3.54. The fourth-order valence-electron chi connectivity index (χ4n) is 1.58. The van der Waals surface area contributed by atoms with Gasteiger partial charge >= 0.3 is 0 Å². The van der Waals surface area contributed by atoms with Crippen molar-refractivity contribution in [1.82, 2.24) is 9.97 Å². The predicted octanol–water partition coefficient (Wildman–Crippen LogP) is 2.46. The fourth-order valence-corrected chi connectivity index (χ4v) is 1.81. The van der Waals surface area contributed by atoms with E-state index in [4.69, 9.17) is 17.3 Å². The molecule has 0 bridgehead atoms. The van der Waals surface area contributed by atoms with Crippen molar-refractivity contribution >= 4 is 17.2 Å². The number of nitrogens with zero attached hydrogens (tertiary/aromatic N) is 2. The van der Waals surface area contributed by atoms with Crippen LogP contribution in [0.4, 0.5) is 0 Å². The summed E-state index contributed by atoms with van der Waals surface area (Å²) in [5.41, 5.74) is 8.55. The van der Waals surface area contributed by atoms with Gasteiger partial charge < -0.3 is 5.73 Å². The Balaban J connectivity index is 2.41. The van der Waals surface area contributed by atoms with Gasteiger partial charge in [0.1, 0.15) is 11.0 Å².